The largest absolute Gasteiger partial charge is 0.0654 e. The normalized spacial score (nSPS) is 13.4. The van der Waals surface area contributed by atoms with Crippen LogP contribution in [0.2, 0.25) is 0 Å². The maximum Gasteiger partial charge on any atom is -0.0355 e. The van der Waals surface area contributed by atoms with Gasteiger partial charge in [-0.3, -0.25) is 0 Å². The summed E-state index contributed by atoms with van der Waals surface area (Å²) in [6.07, 6.45) is 41.9. The van der Waals surface area contributed by atoms with Crippen LogP contribution in [-0.2, 0) is 0 Å². The van der Waals surface area contributed by atoms with E-state index in [4.69, 9.17) is 0 Å². The molecule has 0 heterocycles. The van der Waals surface area contributed by atoms with E-state index >= 15 is 0 Å². The molecule has 34 heavy (non-hydrogen) atoms. The fourth-order valence-corrected chi connectivity index (χ4v) is 5.68. The van der Waals surface area contributed by atoms with Gasteiger partial charge in [-0.15, -0.1) is 0 Å². The zero-order valence-electron chi connectivity index (χ0n) is 24.8. The lowest BCUT2D eigenvalue weighted by atomic mass is 9.82. The monoisotopic (exact) mass is 478 g/mol. The Kier molecular flexibility index (Phi) is 29.2. The topological polar surface area (TPSA) is 0 Å². The zero-order valence-corrected chi connectivity index (χ0v) is 24.8. The van der Waals surface area contributed by atoms with Gasteiger partial charge in [0.2, 0.25) is 0 Å². The van der Waals surface area contributed by atoms with Crippen LogP contribution >= 0.6 is 0 Å². The van der Waals surface area contributed by atoms with E-state index in [0.29, 0.717) is 0 Å². The summed E-state index contributed by atoms with van der Waals surface area (Å²) in [5, 5.41) is 0. The summed E-state index contributed by atoms with van der Waals surface area (Å²) in [5.41, 5.74) is 0. The summed E-state index contributed by atoms with van der Waals surface area (Å²) in [4.78, 5) is 0. The van der Waals surface area contributed by atoms with Gasteiger partial charge in [0.25, 0.3) is 0 Å². The van der Waals surface area contributed by atoms with Gasteiger partial charge in [0.05, 0.1) is 0 Å². The number of hydrogen-bond donors (Lipinski definition) is 0. The second-order valence-electron chi connectivity index (χ2n) is 11.6. The molecule has 0 rings (SSSR count). The van der Waals surface area contributed by atoms with Gasteiger partial charge in [0.1, 0.15) is 0 Å². The molecule has 2 unspecified atom stereocenters. The molecular weight excluding hydrogens is 408 g/mol. The lowest BCUT2D eigenvalue weighted by Gasteiger charge is -2.24. The van der Waals surface area contributed by atoms with Crippen LogP contribution in [0, 0.1) is 18.3 Å². The summed E-state index contributed by atoms with van der Waals surface area (Å²) < 4.78 is 0. The predicted molar refractivity (Wildman–Crippen MR) is 159 cm³/mol. The van der Waals surface area contributed by atoms with Crippen molar-refractivity contribution in [1.29, 1.82) is 0 Å². The molecule has 0 saturated heterocycles. The average molecular weight is 478 g/mol. The molecule has 0 nitrogen and oxygen atoms in total. The van der Waals surface area contributed by atoms with Crippen molar-refractivity contribution < 1.29 is 0 Å². The first-order valence-corrected chi connectivity index (χ1v) is 16.6. The molecule has 0 fully saturated rings. The summed E-state index contributed by atoms with van der Waals surface area (Å²) >= 11 is 0. The van der Waals surface area contributed by atoms with Gasteiger partial charge >= 0.3 is 0 Å². The van der Waals surface area contributed by atoms with Crippen LogP contribution in [0.4, 0.5) is 0 Å². The van der Waals surface area contributed by atoms with Crippen LogP contribution in [0.15, 0.2) is 0 Å². The van der Waals surface area contributed by atoms with Gasteiger partial charge in [-0.1, -0.05) is 188 Å². The van der Waals surface area contributed by atoms with E-state index in [1.54, 1.807) is 0 Å². The minimum Gasteiger partial charge on any atom is -0.0654 e. The molecule has 2 atom stereocenters. The summed E-state index contributed by atoms with van der Waals surface area (Å²) in [5.74, 6) is 1.90. The van der Waals surface area contributed by atoms with E-state index in [2.05, 4.69) is 34.1 Å². The molecule has 205 valence electrons. The van der Waals surface area contributed by atoms with Crippen molar-refractivity contribution in [1.82, 2.24) is 0 Å². The summed E-state index contributed by atoms with van der Waals surface area (Å²) in [7, 11) is 0. The van der Waals surface area contributed by atoms with Crippen molar-refractivity contribution in [2.24, 2.45) is 11.8 Å². The van der Waals surface area contributed by atoms with Crippen molar-refractivity contribution >= 4 is 0 Å². The van der Waals surface area contributed by atoms with Gasteiger partial charge in [-0.05, 0) is 31.1 Å². The lowest BCUT2D eigenvalue weighted by molar-refractivity contribution is 0.316. The molecule has 0 spiro atoms. The first kappa shape index (κ1) is 34.0. The van der Waals surface area contributed by atoms with Gasteiger partial charge in [0, 0.05) is 0 Å². The highest BCUT2D eigenvalue weighted by Crippen LogP contribution is 2.30. The van der Waals surface area contributed by atoms with E-state index in [1.807, 2.05) is 0 Å². The molecular formula is C34H69. The maximum absolute atomic E-state index is 2.80. The van der Waals surface area contributed by atoms with E-state index in [9.17, 15) is 0 Å². The van der Waals surface area contributed by atoms with Crippen LogP contribution in [0.3, 0.4) is 0 Å². The third kappa shape index (κ3) is 25.1. The van der Waals surface area contributed by atoms with Crippen LogP contribution < -0.4 is 0 Å². The van der Waals surface area contributed by atoms with Crippen LogP contribution in [0.1, 0.15) is 201 Å². The number of rotatable bonds is 29. The average Bonchev–Trinajstić information content (AvgIpc) is 2.84. The van der Waals surface area contributed by atoms with E-state index < -0.39 is 0 Å². The molecule has 0 heteroatoms. The first-order valence-electron chi connectivity index (χ1n) is 16.6. The maximum atomic E-state index is 2.80. The molecule has 0 aliphatic rings. The first-order chi connectivity index (χ1) is 16.8. The quantitative estimate of drug-likeness (QED) is 0.0939. The predicted octanol–water partition coefficient (Wildman–Crippen LogP) is 13.0. The molecule has 0 aromatic heterocycles. The summed E-state index contributed by atoms with van der Waals surface area (Å²) in [6.45, 7) is 9.34. The van der Waals surface area contributed by atoms with E-state index in [-0.39, 0.29) is 0 Å². The molecule has 0 saturated carbocycles. The highest BCUT2D eigenvalue weighted by Gasteiger charge is 2.17. The van der Waals surface area contributed by atoms with Gasteiger partial charge in [-0.2, -0.15) is 0 Å². The van der Waals surface area contributed by atoms with Crippen molar-refractivity contribution in [3.63, 3.8) is 0 Å². The standard InChI is InChI=1S/C34H69/c1-5-9-13-17-19-20-23-27-31-34(29-25-21-15-11-7-3)32-33(28-24-16-12-8-4)30-26-22-18-14-10-6-2/h31,33-34H,5-30,32H2,1-4H3. The Hall–Kier alpha value is 0. The Labute approximate surface area is 219 Å². The van der Waals surface area contributed by atoms with E-state index in [1.165, 1.54) is 173 Å². The third-order valence-electron chi connectivity index (χ3n) is 8.05. The molecule has 0 aliphatic heterocycles. The molecule has 0 aromatic rings. The highest BCUT2D eigenvalue weighted by atomic mass is 14.2. The zero-order chi connectivity index (χ0) is 25.0. The fourth-order valence-electron chi connectivity index (χ4n) is 5.68. The molecule has 0 amide bonds. The Balaban J connectivity index is 4.49. The third-order valence-corrected chi connectivity index (χ3v) is 8.05. The van der Waals surface area contributed by atoms with Gasteiger partial charge < -0.3 is 0 Å². The van der Waals surface area contributed by atoms with Crippen molar-refractivity contribution in [3.05, 3.63) is 6.42 Å². The Morgan fingerprint density at radius 3 is 1.21 bits per heavy atom. The van der Waals surface area contributed by atoms with Crippen LogP contribution in [0.25, 0.3) is 0 Å². The molecule has 0 bridgehead atoms. The second kappa shape index (κ2) is 29.2. The minimum absolute atomic E-state index is 0.901. The Morgan fingerprint density at radius 1 is 0.382 bits per heavy atom. The summed E-state index contributed by atoms with van der Waals surface area (Å²) in [6, 6.07) is 0. The minimum atomic E-state index is 0.901. The van der Waals surface area contributed by atoms with Crippen molar-refractivity contribution in [3.8, 4) is 0 Å². The smallest absolute Gasteiger partial charge is 0.0355 e. The Morgan fingerprint density at radius 2 is 0.735 bits per heavy atom. The van der Waals surface area contributed by atoms with Gasteiger partial charge in [-0.25, -0.2) is 0 Å². The number of unbranched alkanes of at least 4 members (excludes halogenated alkanes) is 19. The number of hydrogen-bond acceptors (Lipinski definition) is 0. The molecule has 0 aliphatic carbocycles. The van der Waals surface area contributed by atoms with Gasteiger partial charge in [0.15, 0.2) is 0 Å². The SMILES string of the molecule is CCCCCCCCC[CH]C(CCCCCCC)CC(CCCCCC)CCCCCCCC. The van der Waals surface area contributed by atoms with E-state index in [0.717, 1.165) is 11.8 Å². The highest BCUT2D eigenvalue weighted by molar-refractivity contribution is 4.79. The van der Waals surface area contributed by atoms with Crippen molar-refractivity contribution in [2.75, 3.05) is 0 Å². The van der Waals surface area contributed by atoms with Crippen LogP contribution in [0.5, 0.6) is 0 Å². The molecule has 1 radical (unpaired) electrons. The Bertz CT molecular complexity index is 346. The second-order valence-corrected chi connectivity index (χ2v) is 11.6. The lowest BCUT2D eigenvalue weighted by Crippen LogP contribution is -2.11. The molecule has 0 aromatic carbocycles. The fraction of sp³-hybridized carbons (Fsp3) is 0.971. The molecule has 0 N–H and O–H groups in total. The van der Waals surface area contributed by atoms with Crippen LogP contribution in [-0.4, -0.2) is 0 Å². The van der Waals surface area contributed by atoms with Crippen molar-refractivity contribution in [2.45, 2.75) is 201 Å².